The van der Waals surface area contributed by atoms with Gasteiger partial charge in [0.25, 0.3) is 0 Å². The zero-order chi connectivity index (χ0) is 18.7. The van der Waals surface area contributed by atoms with Crippen molar-refractivity contribution in [1.82, 2.24) is 10.2 Å². The Hall–Kier alpha value is -3.14. The van der Waals surface area contributed by atoms with Gasteiger partial charge in [0, 0.05) is 18.8 Å². The standard InChI is InChI=1S/C22H22N2O2/c1-15-4-8-17(9-5-15)10-13-20(25)19-14-24(3)22(26)23-21(19)18-11-6-16(2)7-12-18/h4-14,21H,1-3H3,(H,23,26)/b13-10+. The van der Waals surface area contributed by atoms with Crippen LogP contribution in [0.15, 0.2) is 66.4 Å². The Kier molecular flexibility index (Phi) is 5.03. The van der Waals surface area contributed by atoms with Crippen molar-refractivity contribution in [2.45, 2.75) is 19.9 Å². The summed E-state index contributed by atoms with van der Waals surface area (Å²) in [5.41, 5.74) is 4.70. The van der Waals surface area contributed by atoms with Crippen molar-refractivity contribution in [3.63, 3.8) is 0 Å². The number of benzene rings is 2. The van der Waals surface area contributed by atoms with Gasteiger partial charge in [0.05, 0.1) is 6.04 Å². The molecule has 2 aromatic rings. The minimum atomic E-state index is -0.450. The van der Waals surface area contributed by atoms with Gasteiger partial charge in [-0.2, -0.15) is 0 Å². The summed E-state index contributed by atoms with van der Waals surface area (Å²) in [5.74, 6) is -0.122. The third-order valence-corrected chi connectivity index (χ3v) is 4.43. The van der Waals surface area contributed by atoms with Crippen LogP contribution in [-0.4, -0.2) is 23.8 Å². The molecule has 1 atom stereocenters. The molecule has 1 heterocycles. The minimum Gasteiger partial charge on any atom is -0.327 e. The fourth-order valence-corrected chi connectivity index (χ4v) is 2.82. The molecule has 1 N–H and O–H groups in total. The summed E-state index contributed by atoms with van der Waals surface area (Å²) in [4.78, 5) is 26.3. The lowest BCUT2D eigenvalue weighted by molar-refractivity contribution is -0.111. The summed E-state index contributed by atoms with van der Waals surface area (Å²) < 4.78 is 0. The first-order valence-electron chi connectivity index (χ1n) is 8.55. The van der Waals surface area contributed by atoms with E-state index in [1.807, 2.05) is 62.4 Å². The first kappa shape index (κ1) is 17.7. The van der Waals surface area contributed by atoms with Crippen LogP contribution in [0.3, 0.4) is 0 Å². The highest BCUT2D eigenvalue weighted by molar-refractivity contribution is 6.08. The topological polar surface area (TPSA) is 49.4 Å². The molecule has 4 heteroatoms. The first-order valence-corrected chi connectivity index (χ1v) is 8.55. The largest absolute Gasteiger partial charge is 0.327 e. The molecular formula is C22H22N2O2. The minimum absolute atomic E-state index is 0.122. The summed E-state index contributed by atoms with van der Waals surface area (Å²) in [6.07, 6.45) is 4.97. The SMILES string of the molecule is Cc1ccc(/C=C/C(=O)C2=CN(C)C(=O)NC2c2ccc(C)cc2)cc1. The Morgan fingerprint density at radius 1 is 1.00 bits per heavy atom. The highest BCUT2D eigenvalue weighted by Gasteiger charge is 2.29. The van der Waals surface area contributed by atoms with E-state index < -0.39 is 6.04 Å². The molecule has 0 bridgehead atoms. The number of urea groups is 1. The Bertz CT molecular complexity index is 877. The number of aryl methyl sites for hydroxylation is 2. The number of hydrogen-bond donors (Lipinski definition) is 1. The molecule has 0 aliphatic carbocycles. The van der Waals surface area contributed by atoms with Gasteiger partial charge in [0.15, 0.2) is 5.78 Å². The van der Waals surface area contributed by atoms with E-state index >= 15 is 0 Å². The second-order valence-corrected chi connectivity index (χ2v) is 6.60. The number of rotatable bonds is 4. The molecule has 0 spiro atoms. The Balaban J connectivity index is 1.89. The quantitative estimate of drug-likeness (QED) is 0.845. The van der Waals surface area contributed by atoms with E-state index in [0.29, 0.717) is 5.57 Å². The van der Waals surface area contributed by atoms with Crippen molar-refractivity contribution < 1.29 is 9.59 Å². The second-order valence-electron chi connectivity index (χ2n) is 6.60. The van der Waals surface area contributed by atoms with Crippen molar-refractivity contribution in [2.75, 3.05) is 7.05 Å². The molecule has 1 unspecified atom stereocenters. The van der Waals surface area contributed by atoms with Crippen molar-refractivity contribution in [2.24, 2.45) is 0 Å². The monoisotopic (exact) mass is 346 g/mol. The number of amides is 2. The Morgan fingerprint density at radius 2 is 1.58 bits per heavy atom. The fraction of sp³-hybridized carbons (Fsp3) is 0.182. The van der Waals surface area contributed by atoms with E-state index in [9.17, 15) is 9.59 Å². The Labute approximate surface area is 153 Å². The highest BCUT2D eigenvalue weighted by atomic mass is 16.2. The van der Waals surface area contributed by atoms with Crippen molar-refractivity contribution in [3.8, 4) is 0 Å². The Morgan fingerprint density at radius 3 is 2.19 bits per heavy atom. The molecule has 4 nitrogen and oxygen atoms in total. The lowest BCUT2D eigenvalue weighted by atomic mass is 9.93. The molecule has 3 rings (SSSR count). The molecule has 2 amide bonds. The molecular weight excluding hydrogens is 324 g/mol. The van der Waals surface area contributed by atoms with E-state index in [1.165, 1.54) is 10.5 Å². The molecule has 0 saturated heterocycles. The van der Waals surface area contributed by atoms with Gasteiger partial charge in [-0.15, -0.1) is 0 Å². The molecule has 0 radical (unpaired) electrons. The number of ketones is 1. The van der Waals surface area contributed by atoms with Crippen LogP contribution in [-0.2, 0) is 4.79 Å². The molecule has 1 aliphatic rings. The molecule has 2 aromatic carbocycles. The van der Waals surface area contributed by atoms with Gasteiger partial charge < -0.3 is 10.2 Å². The summed E-state index contributed by atoms with van der Waals surface area (Å²) in [6, 6.07) is 15.1. The predicted molar refractivity (Wildman–Crippen MR) is 104 cm³/mol. The van der Waals surface area contributed by atoms with Crippen molar-refractivity contribution in [1.29, 1.82) is 0 Å². The second kappa shape index (κ2) is 7.40. The smallest absolute Gasteiger partial charge is 0.321 e. The van der Waals surface area contributed by atoms with Crippen LogP contribution in [0.2, 0.25) is 0 Å². The summed E-state index contributed by atoms with van der Waals surface area (Å²) >= 11 is 0. The number of nitrogens with one attached hydrogen (secondary N) is 1. The van der Waals surface area contributed by atoms with Gasteiger partial charge >= 0.3 is 6.03 Å². The number of nitrogens with zero attached hydrogens (tertiary/aromatic N) is 1. The van der Waals surface area contributed by atoms with Crippen LogP contribution in [0.4, 0.5) is 4.79 Å². The molecule has 0 fully saturated rings. The number of allylic oxidation sites excluding steroid dienone is 1. The fourth-order valence-electron chi connectivity index (χ4n) is 2.82. The molecule has 0 aromatic heterocycles. The van der Waals surface area contributed by atoms with E-state index in [4.69, 9.17) is 0 Å². The van der Waals surface area contributed by atoms with Crippen LogP contribution in [0.1, 0.15) is 28.3 Å². The average Bonchev–Trinajstić information content (AvgIpc) is 2.63. The van der Waals surface area contributed by atoms with Gasteiger partial charge in [0.2, 0.25) is 0 Å². The maximum absolute atomic E-state index is 12.8. The number of carbonyl (C=O) groups is 2. The van der Waals surface area contributed by atoms with Crippen LogP contribution in [0.25, 0.3) is 6.08 Å². The van der Waals surface area contributed by atoms with Crippen molar-refractivity contribution in [3.05, 3.63) is 88.6 Å². The van der Waals surface area contributed by atoms with Gasteiger partial charge in [0.1, 0.15) is 0 Å². The van der Waals surface area contributed by atoms with Crippen LogP contribution in [0, 0.1) is 13.8 Å². The van der Waals surface area contributed by atoms with E-state index in [1.54, 1.807) is 25.4 Å². The van der Waals surface area contributed by atoms with E-state index in [2.05, 4.69) is 5.32 Å². The number of hydrogen-bond acceptors (Lipinski definition) is 2. The van der Waals surface area contributed by atoms with Crippen LogP contribution >= 0.6 is 0 Å². The maximum Gasteiger partial charge on any atom is 0.321 e. The third-order valence-electron chi connectivity index (χ3n) is 4.43. The van der Waals surface area contributed by atoms with E-state index in [-0.39, 0.29) is 11.8 Å². The third kappa shape index (κ3) is 3.91. The number of carbonyl (C=O) groups excluding carboxylic acids is 2. The maximum atomic E-state index is 12.8. The van der Waals surface area contributed by atoms with Crippen LogP contribution in [0.5, 0.6) is 0 Å². The molecule has 132 valence electrons. The van der Waals surface area contributed by atoms with Crippen LogP contribution < -0.4 is 5.32 Å². The molecule has 0 saturated carbocycles. The van der Waals surface area contributed by atoms with Gasteiger partial charge in [-0.25, -0.2) is 4.79 Å². The van der Waals surface area contributed by atoms with Crippen molar-refractivity contribution >= 4 is 17.9 Å². The van der Waals surface area contributed by atoms with Gasteiger partial charge in [-0.3, -0.25) is 4.79 Å². The normalized spacial score (nSPS) is 17.2. The summed E-state index contributed by atoms with van der Waals surface area (Å²) in [5, 5.41) is 2.90. The average molecular weight is 346 g/mol. The van der Waals surface area contributed by atoms with Gasteiger partial charge in [-0.1, -0.05) is 65.7 Å². The van der Waals surface area contributed by atoms with E-state index in [0.717, 1.165) is 16.7 Å². The lowest BCUT2D eigenvalue weighted by Crippen LogP contribution is -2.43. The zero-order valence-electron chi connectivity index (χ0n) is 15.2. The molecule has 1 aliphatic heterocycles. The summed E-state index contributed by atoms with van der Waals surface area (Å²) in [7, 11) is 1.64. The first-order chi connectivity index (χ1) is 12.4. The summed E-state index contributed by atoms with van der Waals surface area (Å²) in [6.45, 7) is 4.03. The zero-order valence-corrected chi connectivity index (χ0v) is 15.2. The molecule has 26 heavy (non-hydrogen) atoms. The highest BCUT2D eigenvalue weighted by Crippen LogP contribution is 2.27. The predicted octanol–water partition coefficient (Wildman–Crippen LogP) is 4.17. The van der Waals surface area contributed by atoms with Gasteiger partial charge in [-0.05, 0) is 31.1 Å². The lowest BCUT2D eigenvalue weighted by Gasteiger charge is -2.29.